The van der Waals surface area contributed by atoms with Crippen LogP contribution in [0, 0.1) is 0 Å². The van der Waals surface area contributed by atoms with Crippen LogP contribution in [0.2, 0.25) is 0 Å². The average Bonchev–Trinajstić information content (AvgIpc) is 2.29. The van der Waals surface area contributed by atoms with Crippen molar-refractivity contribution in [3.05, 3.63) is 36.4 Å². The van der Waals surface area contributed by atoms with E-state index in [0.29, 0.717) is 0 Å². The highest BCUT2D eigenvalue weighted by Crippen LogP contribution is 2.31. The average molecular weight is 215 g/mol. The van der Waals surface area contributed by atoms with Gasteiger partial charge in [-0.15, -0.1) is 0 Å². The number of benzene rings is 1. The summed E-state index contributed by atoms with van der Waals surface area (Å²) in [6.45, 7) is 6.15. The van der Waals surface area contributed by atoms with Crippen molar-refractivity contribution in [1.29, 1.82) is 0 Å². The first-order valence-electron chi connectivity index (χ1n) is 6.23. The normalized spacial score (nSPS) is 19.1. The molecule has 1 aliphatic carbocycles. The quantitative estimate of drug-likeness (QED) is 0.784. The largest absolute Gasteiger partial charge is 0.380 e. The molecule has 2 rings (SSSR count). The molecule has 0 spiro atoms. The number of anilines is 1. The molecule has 0 radical (unpaired) electrons. The molecule has 1 N–H and O–H groups in total. The number of hydrogen-bond donors (Lipinski definition) is 1. The second kappa shape index (κ2) is 4.73. The molecule has 1 heteroatoms. The molecule has 1 nitrogen and oxygen atoms in total. The van der Waals surface area contributed by atoms with Crippen molar-refractivity contribution in [3.8, 4) is 0 Å². The van der Waals surface area contributed by atoms with Crippen molar-refractivity contribution in [2.75, 3.05) is 5.32 Å². The van der Waals surface area contributed by atoms with Crippen molar-refractivity contribution >= 4 is 11.8 Å². The van der Waals surface area contributed by atoms with Gasteiger partial charge in [0.25, 0.3) is 0 Å². The Bertz CT molecular complexity index is 361. The zero-order chi connectivity index (χ0) is 11.4. The monoisotopic (exact) mass is 215 g/mol. The molecule has 0 aliphatic heterocycles. The Morgan fingerprint density at radius 3 is 2.69 bits per heavy atom. The maximum absolute atomic E-state index is 3.81. The lowest BCUT2D eigenvalue weighted by Crippen LogP contribution is -2.36. The van der Waals surface area contributed by atoms with Crippen molar-refractivity contribution in [2.24, 2.45) is 0 Å². The summed E-state index contributed by atoms with van der Waals surface area (Å²) in [6.07, 6.45) is 8.56. The molecule has 1 aliphatic rings. The van der Waals surface area contributed by atoms with Gasteiger partial charge in [-0.25, -0.2) is 0 Å². The molecule has 0 atom stereocenters. The van der Waals surface area contributed by atoms with E-state index in [2.05, 4.69) is 43.1 Å². The van der Waals surface area contributed by atoms with Gasteiger partial charge in [0.1, 0.15) is 0 Å². The zero-order valence-electron chi connectivity index (χ0n) is 10.1. The Morgan fingerprint density at radius 1 is 1.25 bits per heavy atom. The van der Waals surface area contributed by atoms with Crippen molar-refractivity contribution < 1.29 is 0 Å². The molecule has 0 unspecified atom stereocenters. The summed E-state index contributed by atoms with van der Waals surface area (Å²) >= 11 is 0. The van der Waals surface area contributed by atoms with Crippen LogP contribution >= 0.6 is 0 Å². The van der Waals surface area contributed by atoms with Gasteiger partial charge in [-0.2, -0.15) is 0 Å². The van der Waals surface area contributed by atoms with Gasteiger partial charge in [0.15, 0.2) is 0 Å². The molecule has 0 bridgehead atoms. The van der Waals surface area contributed by atoms with Gasteiger partial charge in [-0.05, 0) is 37.5 Å². The van der Waals surface area contributed by atoms with E-state index in [-0.39, 0.29) is 5.54 Å². The van der Waals surface area contributed by atoms with Crippen LogP contribution < -0.4 is 5.32 Å². The second-order valence-electron chi connectivity index (χ2n) is 5.08. The third kappa shape index (κ3) is 2.66. The molecule has 1 aromatic rings. The minimum Gasteiger partial charge on any atom is -0.380 e. The minimum atomic E-state index is 0.290. The Labute approximate surface area is 98.6 Å². The highest BCUT2D eigenvalue weighted by Gasteiger charge is 2.26. The van der Waals surface area contributed by atoms with E-state index in [0.717, 1.165) is 0 Å². The summed E-state index contributed by atoms with van der Waals surface area (Å²) in [5.74, 6) is 0. The second-order valence-corrected chi connectivity index (χ2v) is 5.08. The summed E-state index contributed by atoms with van der Waals surface area (Å²) in [6, 6.07) is 8.49. The Hall–Kier alpha value is -1.24. The van der Waals surface area contributed by atoms with Gasteiger partial charge in [0.05, 0.1) is 0 Å². The molecule has 16 heavy (non-hydrogen) atoms. The molecule has 1 saturated carbocycles. The van der Waals surface area contributed by atoms with Crippen LogP contribution in [0.25, 0.3) is 6.08 Å². The first-order valence-corrected chi connectivity index (χ1v) is 6.23. The minimum absolute atomic E-state index is 0.290. The predicted molar refractivity (Wildman–Crippen MR) is 71.6 cm³/mol. The summed E-state index contributed by atoms with van der Waals surface area (Å²) in [7, 11) is 0. The van der Waals surface area contributed by atoms with E-state index in [1.165, 1.54) is 43.4 Å². The van der Waals surface area contributed by atoms with Gasteiger partial charge in [-0.1, -0.05) is 44.1 Å². The maximum Gasteiger partial charge on any atom is 0.0350 e. The van der Waals surface area contributed by atoms with Gasteiger partial charge in [0.2, 0.25) is 0 Å². The smallest absolute Gasteiger partial charge is 0.0350 e. The Morgan fingerprint density at radius 2 is 2.00 bits per heavy atom. The maximum atomic E-state index is 3.81. The van der Waals surface area contributed by atoms with E-state index >= 15 is 0 Å². The molecule has 1 aromatic carbocycles. The van der Waals surface area contributed by atoms with Crippen LogP contribution in [-0.4, -0.2) is 5.54 Å². The molecule has 0 amide bonds. The SMILES string of the molecule is C=Cc1cccc(NC2(C)CCCCC2)c1. The van der Waals surface area contributed by atoms with Gasteiger partial charge < -0.3 is 5.32 Å². The summed E-state index contributed by atoms with van der Waals surface area (Å²) in [4.78, 5) is 0. The van der Waals surface area contributed by atoms with E-state index < -0.39 is 0 Å². The van der Waals surface area contributed by atoms with E-state index in [9.17, 15) is 0 Å². The van der Waals surface area contributed by atoms with Crippen LogP contribution in [0.1, 0.15) is 44.6 Å². The third-order valence-corrected chi connectivity index (χ3v) is 3.53. The van der Waals surface area contributed by atoms with Gasteiger partial charge >= 0.3 is 0 Å². The van der Waals surface area contributed by atoms with E-state index in [4.69, 9.17) is 0 Å². The Kier molecular flexibility index (Phi) is 3.33. The Balaban J connectivity index is 2.09. The van der Waals surface area contributed by atoms with Crippen LogP contribution in [0.15, 0.2) is 30.8 Å². The lowest BCUT2D eigenvalue weighted by atomic mass is 9.83. The fourth-order valence-corrected chi connectivity index (χ4v) is 2.55. The summed E-state index contributed by atoms with van der Waals surface area (Å²) in [5, 5.41) is 3.68. The molecule has 0 saturated heterocycles. The van der Waals surface area contributed by atoms with Crippen LogP contribution in [0.5, 0.6) is 0 Å². The third-order valence-electron chi connectivity index (χ3n) is 3.53. The van der Waals surface area contributed by atoms with Crippen molar-refractivity contribution in [3.63, 3.8) is 0 Å². The predicted octanol–water partition coefficient (Wildman–Crippen LogP) is 4.46. The fourth-order valence-electron chi connectivity index (χ4n) is 2.55. The standard InChI is InChI=1S/C15H21N/c1-3-13-8-7-9-14(12-13)16-15(2)10-5-4-6-11-15/h3,7-9,12,16H,1,4-6,10-11H2,2H3. The summed E-state index contributed by atoms with van der Waals surface area (Å²) < 4.78 is 0. The van der Waals surface area contributed by atoms with Crippen LogP contribution in [-0.2, 0) is 0 Å². The van der Waals surface area contributed by atoms with Crippen molar-refractivity contribution in [2.45, 2.75) is 44.6 Å². The van der Waals surface area contributed by atoms with Crippen LogP contribution in [0.3, 0.4) is 0 Å². The number of hydrogen-bond acceptors (Lipinski definition) is 1. The van der Waals surface area contributed by atoms with E-state index in [1.54, 1.807) is 0 Å². The molecule has 1 fully saturated rings. The highest BCUT2D eigenvalue weighted by molar-refractivity contribution is 5.56. The highest BCUT2D eigenvalue weighted by atomic mass is 15.0. The molecule has 86 valence electrons. The lowest BCUT2D eigenvalue weighted by molar-refractivity contribution is 0.349. The van der Waals surface area contributed by atoms with Gasteiger partial charge in [-0.3, -0.25) is 0 Å². The number of rotatable bonds is 3. The molecule has 0 heterocycles. The first-order chi connectivity index (χ1) is 7.72. The van der Waals surface area contributed by atoms with E-state index in [1.807, 2.05) is 6.08 Å². The summed E-state index contributed by atoms with van der Waals surface area (Å²) in [5.41, 5.74) is 2.70. The van der Waals surface area contributed by atoms with Gasteiger partial charge in [0, 0.05) is 11.2 Å². The zero-order valence-corrected chi connectivity index (χ0v) is 10.1. The molecular weight excluding hydrogens is 194 g/mol. The van der Waals surface area contributed by atoms with Crippen molar-refractivity contribution in [1.82, 2.24) is 0 Å². The molecular formula is C15H21N. The lowest BCUT2D eigenvalue weighted by Gasteiger charge is -2.35. The van der Waals surface area contributed by atoms with Crippen LogP contribution in [0.4, 0.5) is 5.69 Å². The molecule has 0 aromatic heterocycles. The topological polar surface area (TPSA) is 12.0 Å². The number of nitrogens with one attached hydrogen (secondary N) is 1. The fraction of sp³-hybridized carbons (Fsp3) is 0.467. The first kappa shape index (κ1) is 11.3.